The molecule has 0 fully saturated rings. The Balaban J connectivity index is 2.26. The van der Waals surface area contributed by atoms with E-state index in [1.165, 1.54) is 0 Å². The second-order valence-corrected chi connectivity index (χ2v) is 6.10. The number of hydrogen-bond donors (Lipinski definition) is 2. The van der Waals surface area contributed by atoms with Crippen molar-refractivity contribution in [2.75, 3.05) is 26.4 Å². The van der Waals surface area contributed by atoms with Crippen molar-refractivity contribution in [3.8, 4) is 0 Å². The number of hydrogen-bond acceptors (Lipinski definition) is 3. The molecule has 0 amide bonds. The number of rotatable bonds is 6. The van der Waals surface area contributed by atoms with Gasteiger partial charge in [0.1, 0.15) is 0 Å². The van der Waals surface area contributed by atoms with Gasteiger partial charge in [-0.25, -0.2) is 0 Å². The summed E-state index contributed by atoms with van der Waals surface area (Å²) in [6.45, 7) is 6.94. The molecular weight excluding hydrogens is 246 g/mol. The molecule has 1 heterocycles. The Kier molecular flexibility index (Phi) is 6.04. The maximum Gasteiger partial charge on any atom is 0.191 e. The average molecular weight is 269 g/mol. The van der Waals surface area contributed by atoms with Crippen LogP contribution in [0.25, 0.3) is 0 Å². The minimum Gasteiger partial charge on any atom is -0.355 e. The van der Waals surface area contributed by atoms with Crippen LogP contribution in [-0.2, 0) is 6.54 Å². The van der Waals surface area contributed by atoms with Crippen LogP contribution < -0.4 is 10.6 Å². The monoisotopic (exact) mass is 269 g/mol. The van der Waals surface area contributed by atoms with E-state index in [0.717, 1.165) is 25.6 Å². The van der Waals surface area contributed by atoms with Gasteiger partial charge in [0.2, 0.25) is 0 Å². The predicted molar refractivity (Wildman–Crippen MR) is 79.2 cm³/mol. The Morgan fingerprint density at radius 2 is 2.22 bits per heavy atom. The van der Waals surface area contributed by atoms with Gasteiger partial charge in [0.25, 0.3) is 0 Å². The van der Waals surface area contributed by atoms with Gasteiger partial charge in [-0.05, 0) is 26.2 Å². The standard InChI is InChI=1S/C12H23N5S/c1-12(2,18-4)10-15-11(13-3)14-7-9-17-8-5-6-16-17/h5-6,8H,7,9-10H2,1-4H3,(H2,13,14,15). The molecule has 1 rings (SSSR count). The number of nitrogens with one attached hydrogen (secondary N) is 2. The van der Waals surface area contributed by atoms with Crippen molar-refractivity contribution in [3.63, 3.8) is 0 Å². The van der Waals surface area contributed by atoms with Gasteiger partial charge in [0, 0.05) is 37.3 Å². The molecule has 2 N–H and O–H groups in total. The molecule has 6 heteroatoms. The van der Waals surface area contributed by atoms with E-state index in [2.05, 4.69) is 40.8 Å². The molecule has 102 valence electrons. The molecule has 0 spiro atoms. The smallest absolute Gasteiger partial charge is 0.191 e. The van der Waals surface area contributed by atoms with E-state index in [9.17, 15) is 0 Å². The Morgan fingerprint density at radius 1 is 1.44 bits per heavy atom. The molecule has 5 nitrogen and oxygen atoms in total. The minimum absolute atomic E-state index is 0.208. The van der Waals surface area contributed by atoms with Crippen LogP contribution in [0.5, 0.6) is 0 Å². The number of nitrogens with zero attached hydrogens (tertiary/aromatic N) is 3. The lowest BCUT2D eigenvalue weighted by Crippen LogP contribution is -2.44. The van der Waals surface area contributed by atoms with Gasteiger partial charge in [-0.3, -0.25) is 9.67 Å². The van der Waals surface area contributed by atoms with E-state index in [4.69, 9.17) is 0 Å². The first kappa shape index (κ1) is 14.9. The molecule has 0 aromatic carbocycles. The van der Waals surface area contributed by atoms with Gasteiger partial charge in [0.15, 0.2) is 5.96 Å². The van der Waals surface area contributed by atoms with Crippen LogP contribution in [0.1, 0.15) is 13.8 Å². The highest BCUT2D eigenvalue weighted by molar-refractivity contribution is 7.99. The molecule has 0 aliphatic rings. The lowest BCUT2D eigenvalue weighted by Gasteiger charge is -2.23. The van der Waals surface area contributed by atoms with Crippen LogP contribution in [0.3, 0.4) is 0 Å². The molecule has 18 heavy (non-hydrogen) atoms. The van der Waals surface area contributed by atoms with Gasteiger partial charge in [0.05, 0.1) is 6.54 Å². The quantitative estimate of drug-likeness (QED) is 0.602. The van der Waals surface area contributed by atoms with Crippen LogP contribution in [0, 0.1) is 0 Å². The topological polar surface area (TPSA) is 54.2 Å². The van der Waals surface area contributed by atoms with Crippen molar-refractivity contribution >= 4 is 17.7 Å². The van der Waals surface area contributed by atoms with Gasteiger partial charge in [-0.2, -0.15) is 16.9 Å². The fraction of sp³-hybridized carbons (Fsp3) is 0.667. The molecule has 0 saturated carbocycles. The summed E-state index contributed by atoms with van der Waals surface area (Å²) >= 11 is 1.84. The molecule has 0 radical (unpaired) electrons. The number of guanidine groups is 1. The average Bonchev–Trinajstić information content (AvgIpc) is 2.86. The maximum atomic E-state index is 4.20. The number of thioether (sulfide) groups is 1. The third-order valence-corrected chi connectivity index (χ3v) is 3.90. The molecule has 1 aromatic heterocycles. The van der Waals surface area contributed by atoms with E-state index in [1.807, 2.05) is 28.7 Å². The minimum atomic E-state index is 0.208. The Hall–Kier alpha value is -1.17. The van der Waals surface area contributed by atoms with E-state index >= 15 is 0 Å². The second-order valence-electron chi connectivity index (χ2n) is 4.59. The summed E-state index contributed by atoms with van der Waals surface area (Å²) in [7, 11) is 1.79. The van der Waals surface area contributed by atoms with E-state index in [1.54, 1.807) is 13.2 Å². The lowest BCUT2D eigenvalue weighted by atomic mass is 10.2. The summed E-state index contributed by atoms with van der Waals surface area (Å²) in [6.07, 6.45) is 5.86. The molecule has 0 saturated heterocycles. The normalized spacial score (nSPS) is 12.6. The molecule has 0 aliphatic carbocycles. The molecule has 0 atom stereocenters. The van der Waals surface area contributed by atoms with Crippen LogP contribution in [0.2, 0.25) is 0 Å². The van der Waals surface area contributed by atoms with Crippen molar-refractivity contribution in [1.82, 2.24) is 20.4 Å². The van der Waals surface area contributed by atoms with Crippen molar-refractivity contribution in [3.05, 3.63) is 18.5 Å². The van der Waals surface area contributed by atoms with Crippen molar-refractivity contribution in [2.24, 2.45) is 4.99 Å². The highest BCUT2D eigenvalue weighted by atomic mass is 32.2. The van der Waals surface area contributed by atoms with Crippen LogP contribution >= 0.6 is 11.8 Å². The van der Waals surface area contributed by atoms with Gasteiger partial charge in [-0.15, -0.1) is 0 Å². The lowest BCUT2D eigenvalue weighted by molar-refractivity contribution is 0.593. The van der Waals surface area contributed by atoms with E-state index in [-0.39, 0.29) is 4.75 Å². The zero-order chi connectivity index (χ0) is 13.4. The Morgan fingerprint density at radius 3 is 2.78 bits per heavy atom. The first-order valence-electron chi connectivity index (χ1n) is 6.04. The Labute approximate surface area is 113 Å². The fourth-order valence-corrected chi connectivity index (χ4v) is 1.53. The van der Waals surface area contributed by atoms with E-state index < -0.39 is 0 Å². The third-order valence-electron chi connectivity index (χ3n) is 2.65. The van der Waals surface area contributed by atoms with Crippen LogP contribution in [0.4, 0.5) is 0 Å². The number of aliphatic imine (C=N–C) groups is 1. The van der Waals surface area contributed by atoms with Crippen LogP contribution in [-0.4, -0.2) is 46.9 Å². The van der Waals surface area contributed by atoms with Gasteiger partial charge >= 0.3 is 0 Å². The summed E-state index contributed by atoms with van der Waals surface area (Å²) in [5.74, 6) is 0.837. The SMILES string of the molecule is CN=C(NCCn1cccn1)NCC(C)(C)SC. The third kappa shape index (κ3) is 5.44. The first-order chi connectivity index (χ1) is 8.57. The molecule has 1 aromatic rings. The highest BCUT2D eigenvalue weighted by Gasteiger charge is 2.15. The summed E-state index contributed by atoms with van der Waals surface area (Å²) < 4.78 is 2.10. The highest BCUT2D eigenvalue weighted by Crippen LogP contribution is 2.19. The van der Waals surface area contributed by atoms with Gasteiger partial charge < -0.3 is 10.6 Å². The van der Waals surface area contributed by atoms with Crippen molar-refractivity contribution in [2.45, 2.75) is 25.1 Å². The Bertz CT molecular complexity index is 359. The summed E-state index contributed by atoms with van der Waals surface area (Å²) in [4.78, 5) is 4.20. The zero-order valence-electron chi connectivity index (χ0n) is 11.6. The molecular formula is C12H23N5S. The summed E-state index contributed by atoms with van der Waals surface area (Å²) in [5.41, 5.74) is 0. The number of aromatic nitrogens is 2. The summed E-state index contributed by atoms with van der Waals surface area (Å²) in [5, 5.41) is 10.8. The van der Waals surface area contributed by atoms with Gasteiger partial charge in [-0.1, -0.05) is 0 Å². The fourth-order valence-electron chi connectivity index (χ4n) is 1.31. The first-order valence-corrected chi connectivity index (χ1v) is 7.27. The second kappa shape index (κ2) is 7.31. The largest absolute Gasteiger partial charge is 0.355 e. The van der Waals surface area contributed by atoms with E-state index in [0.29, 0.717) is 0 Å². The van der Waals surface area contributed by atoms with Crippen molar-refractivity contribution in [1.29, 1.82) is 0 Å². The zero-order valence-corrected chi connectivity index (χ0v) is 12.4. The summed E-state index contributed by atoms with van der Waals surface area (Å²) in [6, 6.07) is 1.92. The van der Waals surface area contributed by atoms with Crippen molar-refractivity contribution < 1.29 is 0 Å². The molecule has 0 aliphatic heterocycles. The predicted octanol–water partition coefficient (Wildman–Crippen LogP) is 1.19. The molecule has 0 bridgehead atoms. The molecule has 0 unspecified atom stereocenters. The maximum absolute atomic E-state index is 4.20. The van der Waals surface area contributed by atoms with Crippen LogP contribution in [0.15, 0.2) is 23.5 Å².